The van der Waals surface area contributed by atoms with Crippen LogP contribution in [0.1, 0.15) is 29.7 Å². The molecule has 0 saturated heterocycles. The number of methoxy groups -OCH3 is 1. The second-order valence-corrected chi connectivity index (χ2v) is 8.07. The van der Waals surface area contributed by atoms with Gasteiger partial charge in [-0.3, -0.25) is 9.69 Å². The number of nitrogens with one attached hydrogen (secondary N) is 1. The molecule has 0 amide bonds. The molecule has 5 heteroatoms. The van der Waals surface area contributed by atoms with Crippen LogP contribution in [0.3, 0.4) is 0 Å². The van der Waals surface area contributed by atoms with Crippen LogP contribution in [0.5, 0.6) is 5.75 Å². The molecule has 3 heterocycles. The first kappa shape index (κ1) is 18.9. The summed E-state index contributed by atoms with van der Waals surface area (Å²) < 4.78 is 11.6. The third-order valence-corrected chi connectivity index (χ3v) is 6.11. The van der Waals surface area contributed by atoms with Gasteiger partial charge in [0.1, 0.15) is 5.76 Å². The zero-order valence-corrected chi connectivity index (χ0v) is 17.2. The van der Waals surface area contributed by atoms with Crippen molar-refractivity contribution in [3.05, 3.63) is 75.8 Å². The molecule has 1 aliphatic heterocycles. The van der Waals surface area contributed by atoms with Crippen molar-refractivity contribution < 1.29 is 9.15 Å². The van der Waals surface area contributed by atoms with E-state index < -0.39 is 0 Å². The minimum atomic E-state index is -0.0488. The molecule has 0 saturated carbocycles. The minimum absolute atomic E-state index is 0.0488. The van der Waals surface area contributed by atoms with E-state index in [1.54, 1.807) is 13.2 Å². The van der Waals surface area contributed by atoms with Crippen molar-refractivity contribution in [2.24, 2.45) is 0 Å². The molecular weight excluding hydrogens is 376 g/mol. The topological polar surface area (TPSA) is 58.5 Å². The Hall–Kier alpha value is -3.05. The highest BCUT2D eigenvalue weighted by atomic mass is 16.5. The molecule has 1 N–H and O–H groups in total. The summed E-state index contributed by atoms with van der Waals surface area (Å²) in [5.41, 5.74) is 4.36. The number of fused-ring (bicyclic) bond motifs is 4. The fourth-order valence-electron chi connectivity index (χ4n) is 4.52. The number of aromatic nitrogens is 1. The van der Waals surface area contributed by atoms with Gasteiger partial charge in [-0.15, -0.1) is 0 Å². The third-order valence-electron chi connectivity index (χ3n) is 6.11. The van der Waals surface area contributed by atoms with Gasteiger partial charge < -0.3 is 14.1 Å². The number of aromatic amines is 1. The van der Waals surface area contributed by atoms with Crippen molar-refractivity contribution >= 4 is 21.9 Å². The molecule has 30 heavy (non-hydrogen) atoms. The summed E-state index contributed by atoms with van der Waals surface area (Å²) in [6.07, 6.45) is 4.31. The summed E-state index contributed by atoms with van der Waals surface area (Å²) >= 11 is 0. The van der Waals surface area contributed by atoms with Gasteiger partial charge in [0.05, 0.1) is 13.7 Å². The van der Waals surface area contributed by atoms with Crippen LogP contribution in [-0.2, 0) is 19.4 Å². The van der Waals surface area contributed by atoms with Crippen molar-refractivity contribution in [3.63, 3.8) is 0 Å². The normalized spacial score (nSPS) is 14.3. The molecule has 5 rings (SSSR count). The molecular formula is C25H26N2O3. The van der Waals surface area contributed by atoms with E-state index in [2.05, 4.69) is 34.1 Å². The number of hydrogen-bond acceptors (Lipinski definition) is 4. The monoisotopic (exact) mass is 402 g/mol. The zero-order valence-electron chi connectivity index (χ0n) is 17.2. The Morgan fingerprint density at radius 2 is 2.03 bits per heavy atom. The lowest BCUT2D eigenvalue weighted by molar-refractivity contribution is 0.227. The van der Waals surface area contributed by atoms with Crippen molar-refractivity contribution in [3.8, 4) is 5.75 Å². The quantitative estimate of drug-likeness (QED) is 0.477. The molecule has 0 fully saturated rings. The predicted octanol–water partition coefficient (Wildman–Crippen LogP) is 4.66. The molecule has 2 aromatic heterocycles. The number of rotatable bonds is 6. The van der Waals surface area contributed by atoms with Crippen LogP contribution in [-0.4, -0.2) is 30.1 Å². The van der Waals surface area contributed by atoms with E-state index in [1.807, 2.05) is 18.2 Å². The number of para-hydroxylation sites is 1. The first-order valence-electron chi connectivity index (χ1n) is 10.6. The van der Waals surface area contributed by atoms with Gasteiger partial charge >= 0.3 is 0 Å². The number of furan rings is 1. The number of benzene rings is 2. The van der Waals surface area contributed by atoms with Gasteiger partial charge in [0.15, 0.2) is 11.3 Å². The van der Waals surface area contributed by atoms with Gasteiger partial charge in [-0.1, -0.05) is 24.3 Å². The lowest BCUT2D eigenvalue weighted by Gasteiger charge is -2.25. The molecule has 0 unspecified atom stereocenters. The maximum absolute atomic E-state index is 11.5. The maximum atomic E-state index is 11.5. The highest BCUT2D eigenvalue weighted by molar-refractivity contribution is 5.87. The fourth-order valence-corrected chi connectivity index (χ4v) is 4.52. The Morgan fingerprint density at radius 3 is 2.93 bits per heavy atom. The molecule has 0 aliphatic carbocycles. The van der Waals surface area contributed by atoms with Crippen LogP contribution in [0.15, 0.2) is 57.7 Å². The van der Waals surface area contributed by atoms with E-state index in [9.17, 15) is 4.79 Å². The largest absolute Gasteiger partial charge is 0.493 e. The van der Waals surface area contributed by atoms with E-state index in [4.69, 9.17) is 9.15 Å². The number of unbranched alkanes of at least 4 members (excludes halogenated alkanes) is 1. The fraction of sp³-hybridized carbons (Fsp3) is 0.320. The van der Waals surface area contributed by atoms with Crippen LogP contribution in [0, 0.1) is 0 Å². The average Bonchev–Trinajstić information content (AvgIpc) is 3.14. The van der Waals surface area contributed by atoms with Crippen LogP contribution in [0.2, 0.25) is 0 Å². The Balaban J connectivity index is 1.19. The number of pyridine rings is 1. The van der Waals surface area contributed by atoms with Crippen LogP contribution in [0.4, 0.5) is 0 Å². The molecule has 0 bridgehead atoms. The Kier molecular flexibility index (Phi) is 5.05. The van der Waals surface area contributed by atoms with Gasteiger partial charge in [-0.25, -0.2) is 0 Å². The van der Waals surface area contributed by atoms with Crippen LogP contribution < -0.4 is 10.3 Å². The standard InChI is InChI=1S/C25H26N2O3/c1-29-22-7-4-6-20-19-12-14-27(16-23(19)30-25(20)22)13-3-2-5-17-8-9-18-10-11-24(28)26-21(18)15-17/h4,6-11,15H,2-3,5,12-14,16H2,1H3,(H,26,28). The van der Waals surface area contributed by atoms with Crippen molar-refractivity contribution in [1.29, 1.82) is 0 Å². The number of hydrogen-bond donors (Lipinski definition) is 1. The number of nitrogens with zero attached hydrogens (tertiary/aromatic N) is 1. The summed E-state index contributed by atoms with van der Waals surface area (Å²) in [6.45, 7) is 3.00. The summed E-state index contributed by atoms with van der Waals surface area (Å²) in [5, 5.41) is 2.27. The molecule has 2 aromatic carbocycles. The highest BCUT2D eigenvalue weighted by Crippen LogP contribution is 2.35. The zero-order chi connectivity index (χ0) is 20.5. The minimum Gasteiger partial charge on any atom is -0.493 e. The van der Waals surface area contributed by atoms with E-state index in [-0.39, 0.29) is 5.56 Å². The Bertz CT molecular complexity index is 1250. The predicted molar refractivity (Wildman–Crippen MR) is 119 cm³/mol. The van der Waals surface area contributed by atoms with Gasteiger partial charge in [-0.05, 0) is 61.4 Å². The average molecular weight is 402 g/mol. The van der Waals surface area contributed by atoms with Crippen molar-refractivity contribution in [2.75, 3.05) is 20.2 Å². The molecule has 0 radical (unpaired) electrons. The van der Waals surface area contributed by atoms with Gasteiger partial charge in [0.2, 0.25) is 5.56 Å². The molecule has 5 nitrogen and oxygen atoms in total. The summed E-state index contributed by atoms with van der Waals surface area (Å²) in [5.74, 6) is 1.89. The lowest BCUT2D eigenvalue weighted by Crippen LogP contribution is -2.30. The van der Waals surface area contributed by atoms with E-state index in [0.29, 0.717) is 0 Å². The number of ether oxygens (including phenoxy) is 1. The second-order valence-electron chi connectivity index (χ2n) is 8.07. The molecule has 154 valence electrons. The molecule has 0 atom stereocenters. The third kappa shape index (κ3) is 3.61. The Labute approximate surface area is 175 Å². The van der Waals surface area contributed by atoms with Crippen LogP contribution >= 0.6 is 0 Å². The van der Waals surface area contributed by atoms with Crippen LogP contribution in [0.25, 0.3) is 21.9 Å². The Morgan fingerprint density at radius 1 is 1.13 bits per heavy atom. The number of H-pyrrole nitrogens is 1. The van der Waals surface area contributed by atoms with Gasteiger partial charge in [-0.2, -0.15) is 0 Å². The van der Waals surface area contributed by atoms with Crippen molar-refractivity contribution in [2.45, 2.75) is 32.2 Å². The molecule has 0 spiro atoms. The SMILES string of the molecule is COc1cccc2c3c(oc12)CN(CCCCc1ccc2ccc(=O)[nH]c2c1)CC3. The van der Waals surface area contributed by atoms with E-state index in [1.165, 1.54) is 16.5 Å². The second kappa shape index (κ2) is 8.00. The molecule has 1 aliphatic rings. The summed E-state index contributed by atoms with van der Waals surface area (Å²) in [7, 11) is 1.69. The molecule has 4 aromatic rings. The first-order chi connectivity index (χ1) is 14.7. The maximum Gasteiger partial charge on any atom is 0.248 e. The number of aryl methyl sites for hydroxylation is 1. The highest BCUT2D eigenvalue weighted by Gasteiger charge is 2.23. The summed E-state index contributed by atoms with van der Waals surface area (Å²) in [6, 6.07) is 15.9. The van der Waals surface area contributed by atoms with Gasteiger partial charge in [0.25, 0.3) is 0 Å². The van der Waals surface area contributed by atoms with E-state index >= 15 is 0 Å². The van der Waals surface area contributed by atoms with Gasteiger partial charge in [0, 0.05) is 29.1 Å². The lowest BCUT2D eigenvalue weighted by atomic mass is 10.0. The van der Waals surface area contributed by atoms with E-state index in [0.717, 1.165) is 73.3 Å². The first-order valence-corrected chi connectivity index (χ1v) is 10.6. The smallest absolute Gasteiger partial charge is 0.248 e. The van der Waals surface area contributed by atoms with Crippen molar-refractivity contribution in [1.82, 2.24) is 9.88 Å². The summed E-state index contributed by atoms with van der Waals surface area (Å²) in [4.78, 5) is 16.9.